The van der Waals surface area contributed by atoms with E-state index in [1.807, 2.05) is 30.3 Å². The number of rotatable bonds is 0. The van der Waals surface area contributed by atoms with Crippen molar-refractivity contribution in [3.05, 3.63) is 95.8 Å². The second kappa shape index (κ2) is 14.4. The summed E-state index contributed by atoms with van der Waals surface area (Å²) in [6.07, 6.45) is 13.0. The molecular weight excluding hydrogens is 559 g/mol. The van der Waals surface area contributed by atoms with Crippen LogP contribution in [0.15, 0.2) is 54.1 Å². The van der Waals surface area contributed by atoms with Gasteiger partial charge in [-0.15, -0.1) is 35.6 Å². The van der Waals surface area contributed by atoms with E-state index in [0.717, 1.165) is 5.92 Å². The van der Waals surface area contributed by atoms with Gasteiger partial charge in [0.25, 0.3) is 0 Å². The van der Waals surface area contributed by atoms with Crippen LogP contribution in [-0.2, 0) is 25.8 Å². The third-order valence-electron chi connectivity index (χ3n) is 5.58. The molecule has 0 bridgehead atoms. The first-order valence-electron chi connectivity index (χ1n) is 9.08. The van der Waals surface area contributed by atoms with Gasteiger partial charge in [-0.05, 0) is 12.3 Å². The third kappa shape index (κ3) is 8.11. The second-order valence-electron chi connectivity index (χ2n) is 6.90. The molecule has 0 aromatic heterocycles. The summed E-state index contributed by atoms with van der Waals surface area (Å²) in [7, 11) is 0. The molecule has 2 aliphatic rings. The Morgan fingerprint density at radius 2 is 1.56 bits per heavy atom. The van der Waals surface area contributed by atoms with Crippen LogP contribution in [0, 0.1) is 54.4 Å². The van der Waals surface area contributed by atoms with E-state index in [1.54, 1.807) is 5.57 Å². The summed E-state index contributed by atoms with van der Waals surface area (Å²) in [5.41, 5.74) is 8.92. The molecule has 2 heteroatoms. The fraction of sp³-hybridized carbons (Fsp3) is 0.360. The Bertz CT molecular complexity index is 589. The minimum Gasteiger partial charge on any atom is -0.358 e. The van der Waals surface area contributed by atoms with Crippen LogP contribution in [0.4, 0.5) is 0 Å². The molecule has 1 saturated carbocycles. The Kier molecular flexibility index (Phi) is 15.3. The maximum Gasteiger partial charge on any atom is 4.00 e. The van der Waals surface area contributed by atoms with E-state index in [4.69, 9.17) is 0 Å². The van der Waals surface area contributed by atoms with Crippen molar-refractivity contribution in [2.75, 3.05) is 0 Å². The van der Waals surface area contributed by atoms with Crippen LogP contribution in [0.2, 0.25) is 0 Å². The maximum absolute atomic E-state index is 2.37. The summed E-state index contributed by atoms with van der Waals surface area (Å²) in [6.45, 7) is 11.0. The molecule has 1 fully saturated rings. The summed E-state index contributed by atoms with van der Waals surface area (Å²) < 4.78 is 0. The molecule has 0 radical (unpaired) electrons. The van der Waals surface area contributed by atoms with Gasteiger partial charge in [-0.3, -0.25) is 0 Å². The summed E-state index contributed by atoms with van der Waals surface area (Å²) >= 11 is 0. The van der Waals surface area contributed by atoms with Gasteiger partial charge in [0.2, 0.25) is 0 Å². The number of halogens is 1. The molecule has 27 heavy (non-hydrogen) atoms. The standard InChI is InChI=1S/C10H15.C9H11.C5H5.CH3.BrH.Hf/c1-6-7(2)9(4)10(5)8(6)3;1-2-5-9-7-3-6-8(9)4-1;1-2-4-5-3-1;;;/h1-5H3;1-2,4,6,9H,3,5,7H2;1-5H;1H3;1H;/q4*-1;;+4. The van der Waals surface area contributed by atoms with E-state index in [-0.39, 0.29) is 50.3 Å². The van der Waals surface area contributed by atoms with Crippen molar-refractivity contribution in [1.29, 1.82) is 0 Å². The molecule has 4 rings (SSSR count). The number of hydrogen-bond donors (Lipinski definition) is 0. The minimum atomic E-state index is 0. The van der Waals surface area contributed by atoms with Crippen molar-refractivity contribution in [2.45, 2.75) is 53.9 Å². The fourth-order valence-electron chi connectivity index (χ4n) is 3.39. The molecule has 2 aliphatic carbocycles. The van der Waals surface area contributed by atoms with E-state index >= 15 is 0 Å². The van der Waals surface area contributed by atoms with E-state index in [1.165, 1.54) is 47.1 Å². The predicted molar refractivity (Wildman–Crippen MR) is 123 cm³/mol. The van der Waals surface area contributed by atoms with Crippen molar-refractivity contribution in [1.82, 2.24) is 0 Å². The Morgan fingerprint density at radius 3 is 1.93 bits per heavy atom. The first-order chi connectivity index (χ1) is 11.5. The van der Waals surface area contributed by atoms with E-state index in [9.17, 15) is 0 Å². The smallest absolute Gasteiger partial charge is 0.358 e. The first-order valence-corrected chi connectivity index (χ1v) is 9.08. The molecule has 0 spiro atoms. The maximum atomic E-state index is 2.37. The summed E-state index contributed by atoms with van der Waals surface area (Å²) in [5, 5.41) is 0. The third-order valence-corrected chi connectivity index (χ3v) is 5.58. The van der Waals surface area contributed by atoms with Crippen LogP contribution < -0.4 is 0 Å². The van der Waals surface area contributed by atoms with Gasteiger partial charge in [0.1, 0.15) is 0 Å². The normalized spacial score (nSPS) is 15.7. The Hall–Kier alpha value is -0.600. The summed E-state index contributed by atoms with van der Waals surface area (Å²) in [5.74, 6) is 0.884. The van der Waals surface area contributed by atoms with Crippen molar-refractivity contribution in [3.63, 3.8) is 0 Å². The molecule has 1 unspecified atom stereocenters. The quantitative estimate of drug-likeness (QED) is 0.215. The van der Waals surface area contributed by atoms with Crippen LogP contribution in [0.1, 0.15) is 47.1 Å². The molecule has 1 atom stereocenters. The van der Waals surface area contributed by atoms with Gasteiger partial charge in [-0.1, -0.05) is 41.0 Å². The second-order valence-corrected chi connectivity index (χ2v) is 6.90. The van der Waals surface area contributed by atoms with Crippen LogP contribution in [0.5, 0.6) is 0 Å². The van der Waals surface area contributed by atoms with Gasteiger partial charge < -0.3 is 7.43 Å². The number of hydrogen-bond acceptors (Lipinski definition) is 0. The zero-order valence-corrected chi connectivity index (χ0v) is 23.1. The molecular formula is C25H35BrHf. The first kappa shape index (κ1) is 28.6. The minimum absolute atomic E-state index is 0. The average molecular weight is 594 g/mol. The average Bonchev–Trinajstić information content (AvgIpc) is 3.35. The molecule has 2 aromatic carbocycles. The van der Waals surface area contributed by atoms with Crippen LogP contribution in [-0.4, -0.2) is 0 Å². The molecule has 0 saturated heterocycles. The van der Waals surface area contributed by atoms with Gasteiger partial charge in [0.15, 0.2) is 0 Å². The Labute approximate surface area is 197 Å². The van der Waals surface area contributed by atoms with E-state index in [0.29, 0.717) is 0 Å². The van der Waals surface area contributed by atoms with Gasteiger partial charge in [-0.25, -0.2) is 30.2 Å². The van der Waals surface area contributed by atoms with Gasteiger partial charge in [0.05, 0.1) is 0 Å². The van der Waals surface area contributed by atoms with Gasteiger partial charge in [-0.2, -0.15) is 46.0 Å². The van der Waals surface area contributed by atoms with Crippen molar-refractivity contribution < 1.29 is 25.8 Å². The number of fused-ring (bicyclic) bond motifs is 1. The van der Waals surface area contributed by atoms with Gasteiger partial charge in [0, 0.05) is 0 Å². The topological polar surface area (TPSA) is 0 Å². The summed E-state index contributed by atoms with van der Waals surface area (Å²) in [6, 6.07) is 10.0. The zero-order valence-electron chi connectivity index (χ0n) is 17.8. The molecule has 0 N–H and O–H groups in total. The molecule has 0 heterocycles. The molecule has 0 amide bonds. The summed E-state index contributed by atoms with van der Waals surface area (Å²) in [4.78, 5) is 0. The van der Waals surface area contributed by atoms with Crippen LogP contribution >= 0.6 is 17.0 Å². The van der Waals surface area contributed by atoms with Crippen LogP contribution in [0.25, 0.3) is 0 Å². The van der Waals surface area contributed by atoms with Crippen molar-refractivity contribution in [3.8, 4) is 0 Å². The van der Waals surface area contributed by atoms with E-state index in [2.05, 4.69) is 59.3 Å². The van der Waals surface area contributed by atoms with Gasteiger partial charge >= 0.3 is 25.8 Å². The predicted octanol–water partition coefficient (Wildman–Crippen LogP) is 7.87. The largest absolute Gasteiger partial charge is 4.00 e. The van der Waals surface area contributed by atoms with E-state index < -0.39 is 0 Å². The molecule has 0 nitrogen and oxygen atoms in total. The monoisotopic (exact) mass is 594 g/mol. The molecule has 0 aliphatic heterocycles. The fourth-order valence-corrected chi connectivity index (χ4v) is 3.39. The van der Waals surface area contributed by atoms with Crippen molar-refractivity contribution in [2.24, 2.45) is 5.92 Å². The zero-order chi connectivity index (χ0) is 17.5. The Morgan fingerprint density at radius 1 is 1.00 bits per heavy atom. The molecule has 2 aromatic rings. The molecule has 146 valence electrons. The SMILES string of the molecule is Br.C1=CCC2CC[CH-]C2=C1.Cc1c(C)c(C)[c-](C)c1C.[CH3-].[Hf+4].c1cc[cH-]c1. The van der Waals surface area contributed by atoms with Crippen molar-refractivity contribution >= 4 is 17.0 Å². The Balaban J connectivity index is 0. The van der Waals surface area contributed by atoms with Crippen LogP contribution in [0.3, 0.4) is 0 Å². The number of allylic oxidation sites excluding steroid dienone is 4.